The first kappa shape index (κ1) is 17.5. The number of likely N-dealkylation sites (tertiary alicyclic amines) is 1. The number of rotatable bonds is 6. The highest BCUT2D eigenvalue weighted by atomic mass is 19.1. The molecule has 0 unspecified atom stereocenters. The molecule has 0 spiro atoms. The summed E-state index contributed by atoms with van der Waals surface area (Å²) < 4.78 is 21.2. The predicted molar refractivity (Wildman–Crippen MR) is 100 cm³/mol. The highest BCUT2D eigenvalue weighted by molar-refractivity contribution is 5.61. The second kappa shape index (κ2) is 7.76. The average molecular weight is 358 g/mol. The number of methoxy groups -OCH3 is 1. The zero-order valence-corrected chi connectivity index (χ0v) is 15.4. The minimum Gasteiger partial charge on any atom is -0.494 e. The molecule has 1 N–H and O–H groups in total. The summed E-state index contributed by atoms with van der Waals surface area (Å²) >= 11 is 0. The van der Waals surface area contributed by atoms with Gasteiger partial charge in [0, 0.05) is 30.8 Å². The summed E-state index contributed by atoms with van der Waals surface area (Å²) in [5.41, 5.74) is 1.81. The third-order valence-electron chi connectivity index (χ3n) is 5.56. The Bertz CT molecular complexity index is 750. The van der Waals surface area contributed by atoms with Crippen LogP contribution in [0.5, 0.6) is 5.75 Å². The monoisotopic (exact) mass is 358 g/mol. The Morgan fingerprint density at radius 1 is 1.23 bits per heavy atom. The summed E-state index contributed by atoms with van der Waals surface area (Å²) in [4.78, 5) is 7.45. The molecule has 0 amide bonds. The van der Waals surface area contributed by atoms with Crippen LogP contribution in [0.15, 0.2) is 24.4 Å². The van der Waals surface area contributed by atoms with Crippen molar-refractivity contribution in [2.45, 2.75) is 31.7 Å². The normalized spacial score (nSPS) is 18.7. The van der Waals surface area contributed by atoms with Crippen LogP contribution in [0, 0.1) is 5.82 Å². The number of ether oxygens (including phenoxy) is 1. The van der Waals surface area contributed by atoms with Crippen molar-refractivity contribution < 1.29 is 9.13 Å². The smallest absolute Gasteiger partial charge is 0.165 e. The molecule has 2 saturated heterocycles. The number of nitrogens with one attached hydrogen (secondary N) is 1. The number of imidazole rings is 1. The van der Waals surface area contributed by atoms with E-state index >= 15 is 0 Å². The first-order chi connectivity index (χ1) is 12.7. The van der Waals surface area contributed by atoms with Crippen molar-refractivity contribution in [3.05, 3.63) is 36.0 Å². The lowest BCUT2D eigenvalue weighted by atomic mass is 9.97. The number of aromatic nitrogens is 2. The fourth-order valence-corrected chi connectivity index (χ4v) is 3.83. The Balaban J connectivity index is 1.62. The van der Waals surface area contributed by atoms with Gasteiger partial charge in [-0.15, -0.1) is 0 Å². The minimum absolute atomic E-state index is 0.265. The molecule has 2 aromatic rings. The molecular weight excluding hydrogens is 331 g/mol. The van der Waals surface area contributed by atoms with Crippen LogP contribution in [0.1, 0.15) is 31.0 Å². The molecule has 4 rings (SSSR count). The number of nitrogens with zero attached hydrogens (tertiary/aromatic N) is 3. The van der Waals surface area contributed by atoms with Crippen LogP contribution in [-0.2, 0) is 6.54 Å². The molecule has 3 heterocycles. The number of hydrogen-bond donors (Lipinski definition) is 1. The SMILES string of the molecule is COc1cc(-c2cn(CCN3CCC3)c(C3CCNCC3)n2)ccc1F. The molecule has 2 fully saturated rings. The average Bonchev–Trinajstić information content (AvgIpc) is 3.06. The van der Waals surface area contributed by atoms with Gasteiger partial charge in [0.15, 0.2) is 11.6 Å². The Kier molecular flexibility index (Phi) is 5.22. The van der Waals surface area contributed by atoms with E-state index in [1.54, 1.807) is 12.1 Å². The van der Waals surface area contributed by atoms with Gasteiger partial charge in [0.25, 0.3) is 0 Å². The second-order valence-corrected chi connectivity index (χ2v) is 7.25. The molecule has 0 bridgehead atoms. The first-order valence-corrected chi connectivity index (χ1v) is 9.58. The standard InChI is InChI=1S/C20H27FN4O/c1-26-19-13-16(3-4-17(19)21)18-14-25(12-11-24-9-2-10-24)20(23-18)15-5-7-22-8-6-15/h3-4,13-15,22H,2,5-12H2,1H3. The molecule has 1 aromatic carbocycles. The summed E-state index contributed by atoms with van der Waals surface area (Å²) in [6.07, 6.45) is 5.68. The summed E-state index contributed by atoms with van der Waals surface area (Å²) in [6, 6.07) is 4.98. The van der Waals surface area contributed by atoms with E-state index in [2.05, 4.69) is 21.0 Å². The molecular formula is C20H27FN4O. The Morgan fingerprint density at radius 3 is 2.73 bits per heavy atom. The molecule has 2 aliphatic rings. The van der Waals surface area contributed by atoms with E-state index in [0.717, 1.165) is 50.3 Å². The Labute approximate surface area is 154 Å². The first-order valence-electron chi connectivity index (χ1n) is 9.58. The van der Waals surface area contributed by atoms with Gasteiger partial charge in [0.1, 0.15) is 5.82 Å². The fourth-order valence-electron chi connectivity index (χ4n) is 3.83. The van der Waals surface area contributed by atoms with Crippen molar-refractivity contribution in [2.24, 2.45) is 0 Å². The zero-order valence-electron chi connectivity index (χ0n) is 15.4. The summed E-state index contributed by atoms with van der Waals surface area (Å²) in [6.45, 7) is 6.54. The molecule has 6 heteroatoms. The number of piperidine rings is 1. The maximum atomic E-state index is 13.8. The van der Waals surface area contributed by atoms with Gasteiger partial charge in [-0.1, -0.05) is 0 Å². The molecule has 26 heavy (non-hydrogen) atoms. The lowest BCUT2D eigenvalue weighted by Crippen LogP contribution is -2.39. The predicted octanol–water partition coefficient (Wildman–Crippen LogP) is 2.87. The van der Waals surface area contributed by atoms with Crippen molar-refractivity contribution in [1.29, 1.82) is 0 Å². The van der Waals surface area contributed by atoms with E-state index in [0.29, 0.717) is 5.92 Å². The minimum atomic E-state index is -0.341. The van der Waals surface area contributed by atoms with Crippen LogP contribution in [0.3, 0.4) is 0 Å². The van der Waals surface area contributed by atoms with Gasteiger partial charge in [-0.05, 0) is 63.6 Å². The topological polar surface area (TPSA) is 42.3 Å². The van der Waals surface area contributed by atoms with Crippen molar-refractivity contribution in [2.75, 3.05) is 39.8 Å². The second-order valence-electron chi connectivity index (χ2n) is 7.25. The van der Waals surface area contributed by atoms with Crippen LogP contribution in [0.4, 0.5) is 4.39 Å². The number of benzene rings is 1. The molecule has 0 radical (unpaired) electrons. The molecule has 140 valence electrons. The van der Waals surface area contributed by atoms with Crippen molar-refractivity contribution in [1.82, 2.24) is 19.8 Å². The fraction of sp³-hybridized carbons (Fsp3) is 0.550. The van der Waals surface area contributed by atoms with Gasteiger partial charge in [-0.3, -0.25) is 0 Å². The quantitative estimate of drug-likeness (QED) is 0.862. The van der Waals surface area contributed by atoms with E-state index in [1.165, 1.54) is 38.5 Å². The maximum absolute atomic E-state index is 13.8. The van der Waals surface area contributed by atoms with Crippen LogP contribution < -0.4 is 10.1 Å². The van der Waals surface area contributed by atoms with Crippen LogP contribution in [0.25, 0.3) is 11.3 Å². The third kappa shape index (κ3) is 3.62. The van der Waals surface area contributed by atoms with E-state index < -0.39 is 0 Å². The lowest BCUT2D eigenvalue weighted by Gasteiger charge is -2.31. The molecule has 0 saturated carbocycles. The number of halogens is 1. The van der Waals surface area contributed by atoms with E-state index in [1.807, 2.05) is 0 Å². The van der Waals surface area contributed by atoms with Crippen molar-refractivity contribution in [3.63, 3.8) is 0 Å². The molecule has 0 aliphatic carbocycles. The van der Waals surface area contributed by atoms with Crippen molar-refractivity contribution >= 4 is 0 Å². The highest BCUT2D eigenvalue weighted by Gasteiger charge is 2.23. The summed E-state index contributed by atoms with van der Waals surface area (Å²) in [5, 5.41) is 3.43. The largest absolute Gasteiger partial charge is 0.494 e. The van der Waals surface area contributed by atoms with Gasteiger partial charge < -0.3 is 19.5 Å². The van der Waals surface area contributed by atoms with E-state index in [4.69, 9.17) is 9.72 Å². The van der Waals surface area contributed by atoms with Crippen LogP contribution in [-0.4, -0.2) is 54.3 Å². The van der Waals surface area contributed by atoms with Crippen LogP contribution >= 0.6 is 0 Å². The summed E-state index contributed by atoms with van der Waals surface area (Å²) in [5.74, 6) is 1.59. The van der Waals surface area contributed by atoms with Gasteiger partial charge >= 0.3 is 0 Å². The van der Waals surface area contributed by atoms with E-state index in [9.17, 15) is 4.39 Å². The molecule has 2 aliphatic heterocycles. The lowest BCUT2D eigenvalue weighted by molar-refractivity contribution is 0.173. The Morgan fingerprint density at radius 2 is 2.04 bits per heavy atom. The Hall–Kier alpha value is -1.92. The van der Waals surface area contributed by atoms with Gasteiger partial charge in [-0.25, -0.2) is 9.37 Å². The van der Waals surface area contributed by atoms with Crippen LogP contribution in [0.2, 0.25) is 0 Å². The summed E-state index contributed by atoms with van der Waals surface area (Å²) in [7, 11) is 1.49. The maximum Gasteiger partial charge on any atom is 0.165 e. The number of hydrogen-bond acceptors (Lipinski definition) is 4. The molecule has 0 atom stereocenters. The van der Waals surface area contributed by atoms with Gasteiger partial charge in [0.05, 0.1) is 12.8 Å². The highest BCUT2D eigenvalue weighted by Crippen LogP contribution is 2.30. The van der Waals surface area contributed by atoms with Gasteiger partial charge in [-0.2, -0.15) is 0 Å². The molecule has 5 nitrogen and oxygen atoms in total. The van der Waals surface area contributed by atoms with Gasteiger partial charge in [0.2, 0.25) is 0 Å². The van der Waals surface area contributed by atoms with E-state index in [-0.39, 0.29) is 11.6 Å². The zero-order chi connectivity index (χ0) is 17.9. The third-order valence-corrected chi connectivity index (χ3v) is 5.56. The van der Waals surface area contributed by atoms with Crippen molar-refractivity contribution in [3.8, 4) is 17.0 Å². The molecule has 1 aromatic heterocycles.